The SMILES string of the molecule is Cc1ccc(-n2nc(N3CCCN(C(=O)[C@H](C)Oc4cccc(Cl)c4)CC3)ccc2=O)cc1C. The maximum atomic E-state index is 13.0. The molecule has 0 spiro atoms. The highest BCUT2D eigenvalue weighted by Crippen LogP contribution is 2.20. The second-order valence-corrected chi connectivity index (χ2v) is 9.03. The lowest BCUT2D eigenvalue weighted by atomic mass is 10.1. The van der Waals surface area contributed by atoms with Crippen LogP contribution in [0.25, 0.3) is 5.69 Å². The second kappa shape index (κ2) is 10.3. The first kappa shape index (κ1) is 23.8. The third kappa shape index (κ3) is 5.42. The van der Waals surface area contributed by atoms with E-state index >= 15 is 0 Å². The van der Waals surface area contributed by atoms with E-state index < -0.39 is 6.10 Å². The number of hydrogen-bond acceptors (Lipinski definition) is 5. The third-order valence-electron chi connectivity index (χ3n) is 6.11. The molecule has 1 aromatic heterocycles. The lowest BCUT2D eigenvalue weighted by molar-refractivity contribution is -0.137. The van der Waals surface area contributed by atoms with Gasteiger partial charge in [-0.2, -0.15) is 4.68 Å². The summed E-state index contributed by atoms with van der Waals surface area (Å²) in [4.78, 5) is 29.5. The van der Waals surface area contributed by atoms with E-state index in [4.69, 9.17) is 16.3 Å². The smallest absolute Gasteiger partial charge is 0.271 e. The molecule has 178 valence electrons. The first-order valence-corrected chi connectivity index (χ1v) is 11.8. The highest BCUT2D eigenvalue weighted by molar-refractivity contribution is 6.30. The van der Waals surface area contributed by atoms with Crippen LogP contribution in [0.15, 0.2) is 59.4 Å². The minimum Gasteiger partial charge on any atom is -0.481 e. The Balaban J connectivity index is 1.45. The molecule has 0 aliphatic carbocycles. The summed E-state index contributed by atoms with van der Waals surface area (Å²) in [5, 5.41) is 5.20. The van der Waals surface area contributed by atoms with Gasteiger partial charge in [-0.25, -0.2) is 0 Å². The predicted octanol–water partition coefficient (Wildman–Crippen LogP) is 4.01. The molecule has 7 nitrogen and oxygen atoms in total. The fourth-order valence-corrected chi connectivity index (χ4v) is 4.21. The van der Waals surface area contributed by atoms with E-state index in [0.717, 1.165) is 30.0 Å². The zero-order chi connectivity index (χ0) is 24.2. The zero-order valence-electron chi connectivity index (χ0n) is 19.7. The van der Waals surface area contributed by atoms with Crippen LogP contribution in [0.3, 0.4) is 0 Å². The highest BCUT2D eigenvalue weighted by atomic mass is 35.5. The number of carbonyl (C=O) groups is 1. The van der Waals surface area contributed by atoms with E-state index in [2.05, 4.69) is 10.00 Å². The predicted molar refractivity (Wildman–Crippen MR) is 134 cm³/mol. The highest BCUT2D eigenvalue weighted by Gasteiger charge is 2.25. The Labute approximate surface area is 204 Å². The minimum absolute atomic E-state index is 0.0603. The van der Waals surface area contributed by atoms with Gasteiger partial charge < -0.3 is 14.5 Å². The molecular formula is C26H29ClN4O3. The Morgan fingerprint density at radius 3 is 2.59 bits per heavy atom. The first-order chi connectivity index (χ1) is 16.3. The lowest BCUT2D eigenvalue weighted by Gasteiger charge is -2.25. The van der Waals surface area contributed by atoms with Crippen LogP contribution in [0.4, 0.5) is 5.82 Å². The Morgan fingerprint density at radius 2 is 1.82 bits per heavy atom. The van der Waals surface area contributed by atoms with Crippen molar-refractivity contribution in [2.45, 2.75) is 33.3 Å². The summed E-state index contributed by atoms with van der Waals surface area (Å²) in [7, 11) is 0. The minimum atomic E-state index is -0.616. The van der Waals surface area contributed by atoms with Crippen molar-refractivity contribution < 1.29 is 9.53 Å². The van der Waals surface area contributed by atoms with Crippen molar-refractivity contribution in [1.29, 1.82) is 0 Å². The number of carbonyl (C=O) groups excluding carboxylic acids is 1. The molecule has 2 aromatic carbocycles. The van der Waals surface area contributed by atoms with Crippen LogP contribution >= 0.6 is 11.6 Å². The van der Waals surface area contributed by atoms with E-state index in [-0.39, 0.29) is 11.5 Å². The number of amides is 1. The fraction of sp³-hybridized carbons (Fsp3) is 0.346. The molecule has 34 heavy (non-hydrogen) atoms. The number of anilines is 1. The van der Waals surface area contributed by atoms with Crippen molar-refractivity contribution in [1.82, 2.24) is 14.7 Å². The van der Waals surface area contributed by atoms with Crippen molar-refractivity contribution in [3.8, 4) is 11.4 Å². The average Bonchev–Trinajstić information content (AvgIpc) is 3.07. The number of ether oxygens (including phenoxy) is 1. The van der Waals surface area contributed by atoms with Gasteiger partial charge in [0.1, 0.15) is 11.6 Å². The molecule has 1 aliphatic rings. The molecule has 0 radical (unpaired) electrons. The molecule has 0 unspecified atom stereocenters. The Kier molecular flexibility index (Phi) is 7.22. The van der Waals surface area contributed by atoms with Crippen LogP contribution in [-0.4, -0.2) is 52.9 Å². The standard InChI is InChI=1S/C26H29ClN4O3/c1-18-8-9-22(16-19(18)2)31-25(32)11-10-24(28-31)29-12-5-13-30(15-14-29)26(33)20(3)34-23-7-4-6-21(27)17-23/h4,6-11,16-17,20H,5,12-15H2,1-3H3/t20-/m0/s1. The van der Waals surface area contributed by atoms with Gasteiger partial charge in [0.25, 0.3) is 11.5 Å². The third-order valence-corrected chi connectivity index (χ3v) is 6.34. The fourth-order valence-electron chi connectivity index (χ4n) is 4.03. The molecule has 1 saturated heterocycles. The molecule has 1 atom stereocenters. The molecule has 2 heterocycles. The molecule has 3 aromatic rings. The van der Waals surface area contributed by atoms with E-state index in [9.17, 15) is 9.59 Å². The van der Waals surface area contributed by atoms with E-state index in [1.165, 1.54) is 10.2 Å². The molecule has 1 amide bonds. The van der Waals surface area contributed by atoms with Gasteiger partial charge in [0.05, 0.1) is 5.69 Å². The quantitative estimate of drug-likeness (QED) is 0.552. The number of halogens is 1. The number of aromatic nitrogens is 2. The largest absolute Gasteiger partial charge is 0.481 e. The number of rotatable bonds is 5. The number of aryl methyl sites for hydroxylation is 2. The van der Waals surface area contributed by atoms with Crippen molar-refractivity contribution in [2.75, 3.05) is 31.1 Å². The molecule has 1 fully saturated rings. The van der Waals surface area contributed by atoms with E-state index in [1.807, 2.05) is 36.9 Å². The van der Waals surface area contributed by atoms with Crippen LogP contribution < -0.4 is 15.2 Å². The number of nitrogens with zero attached hydrogens (tertiary/aromatic N) is 4. The second-order valence-electron chi connectivity index (χ2n) is 8.59. The molecule has 4 rings (SSSR count). The van der Waals surface area contributed by atoms with E-state index in [0.29, 0.717) is 30.4 Å². The summed E-state index contributed by atoms with van der Waals surface area (Å²) in [6.45, 7) is 8.36. The summed E-state index contributed by atoms with van der Waals surface area (Å²) in [5.74, 6) is 1.23. The Hall–Kier alpha value is -3.32. The van der Waals surface area contributed by atoms with Gasteiger partial charge in [0.15, 0.2) is 6.10 Å². The van der Waals surface area contributed by atoms with Crippen molar-refractivity contribution in [3.05, 3.63) is 81.1 Å². The summed E-state index contributed by atoms with van der Waals surface area (Å²) in [6.07, 6.45) is 0.176. The van der Waals surface area contributed by atoms with Crippen molar-refractivity contribution >= 4 is 23.3 Å². The maximum Gasteiger partial charge on any atom is 0.271 e. The van der Waals surface area contributed by atoms with Crippen LogP contribution in [0.2, 0.25) is 5.02 Å². The van der Waals surface area contributed by atoms with Gasteiger partial charge in [0, 0.05) is 37.3 Å². The summed E-state index contributed by atoms with van der Waals surface area (Å²) in [6, 6.07) is 16.2. The van der Waals surface area contributed by atoms with Crippen molar-refractivity contribution in [2.24, 2.45) is 0 Å². The number of hydrogen-bond donors (Lipinski definition) is 0. The molecular weight excluding hydrogens is 452 g/mol. The Morgan fingerprint density at radius 1 is 1.00 bits per heavy atom. The monoisotopic (exact) mass is 480 g/mol. The summed E-state index contributed by atoms with van der Waals surface area (Å²) >= 11 is 6.02. The molecule has 0 saturated carbocycles. The van der Waals surface area contributed by atoms with Gasteiger partial charge in [-0.05, 0) is 74.7 Å². The molecule has 0 bridgehead atoms. The van der Waals surface area contributed by atoms with E-state index in [1.54, 1.807) is 43.3 Å². The van der Waals surface area contributed by atoms with Gasteiger partial charge in [-0.3, -0.25) is 9.59 Å². The van der Waals surface area contributed by atoms with Gasteiger partial charge in [-0.15, -0.1) is 5.10 Å². The van der Waals surface area contributed by atoms with Crippen LogP contribution in [0, 0.1) is 13.8 Å². The van der Waals surface area contributed by atoms with Gasteiger partial charge >= 0.3 is 0 Å². The van der Waals surface area contributed by atoms with Crippen LogP contribution in [0.1, 0.15) is 24.5 Å². The van der Waals surface area contributed by atoms with Crippen LogP contribution in [0.5, 0.6) is 5.75 Å². The Bertz CT molecular complexity index is 1240. The average molecular weight is 481 g/mol. The van der Waals surface area contributed by atoms with Gasteiger partial charge in [-0.1, -0.05) is 23.7 Å². The molecule has 0 N–H and O–H groups in total. The topological polar surface area (TPSA) is 67.7 Å². The first-order valence-electron chi connectivity index (χ1n) is 11.5. The van der Waals surface area contributed by atoms with Crippen molar-refractivity contribution in [3.63, 3.8) is 0 Å². The van der Waals surface area contributed by atoms with Crippen LogP contribution in [-0.2, 0) is 4.79 Å². The maximum absolute atomic E-state index is 13.0. The summed E-state index contributed by atoms with van der Waals surface area (Å²) < 4.78 is 7.26. The normalized spacial score (nSPS) is 15.1. The molecule has 8 heteroatoms. The zero-order valence-corrected chi connectivity index (χ0v) is 20.5. The lowest BCUT2D eigenvalue weighted by Crippen LogP contribution is -2.42. The number of benzene rings is 2. The van der Waals surface area contributed by atoms with Gasteiger partial charge in [0.2, 0.25) is 0 Å². The molecule has 1 aliphatic heterocycles. The summed E-state index contributed by atoms with van der Waals surface area (Å²) in [5.41, 5.74) is 2.84.